The summed E-state index contributed by atoms with van der Waals surface area (Å²) in [4.78, 5) is 28.2. The van der Waals surface area contributed by atoms with Crippen molar-refractivity contribution in [3.63, 3.8) is 0 Å². The molecule has 1 aromatic rings. The second-order valence-corrected chi connectivity index (χ2v) is 6.00. The van der Waals surface area contributed by atoms with Crippen molar-refractivity contribution in [2.24, 2.45) is 5.92 Å². The van der Waals surface area contributed by atoms with Crippen LogP contribution >= 0.6 is 0 Å². The second kappa shape index (κ2) is 7.61. The number of morpholine rings is 1. The van der Waals surface area contributed by atoms with E-state index in [2.05, 4.69) is 10.2 Å². The summed E-state index contributed by atoms with van der Waals surface area (Å²) in [5.41, 5.74) is 0. The summed E-state index contributed by atoms with van der Waals surface area (Å²) < 4.78 is 10.6. The molecule has 2 saturated heterocycles. The van der Waals surface area contributed by atoms with Crippen LogP contribution in [0, 0.1) is 5.92 Å². The van der Waals surface area contributed by atoms with E-state index in [1.54, 1.807) is 17.2 Å². The maximum absolute atomic E-state index is 12.2. The van der Waals surface area contributed by atoms with Crippen molar-refractivity contribution in [1.82, 2.24) is 15.1 Å². The van der Waals surface area contributed by atoms with Crippen molar-refractivity contribution >= 4 is 11.8 Å². The second-order valence-electron chi connectivity index (χ2n) is 6.00. The summed E-state index contributed by atoms with van der Waals surface area (Å²) in [6, 6.07) is 3.63. The zero-order chi connectivity index (χ0) is 16.1. The first-order valence-corrected chi connectivity index (χ1v) is 8.10. The van der Waals surface area contributed by atoms with Gasteiger partial charge in [-0.05, 0) is 12.1 Å². The fraction of sp³-hybridized carbons (Fsp3) is 0.625. The highest BCUT2D eigenvalue weighted by Gasteiger charge is 2.34. The van der Waals surface area contributed by atoms with Gasteiger partial charge >= 0.3 is 0 Å². The van der Waals surface area contributed by atoms with E-state index in [4.69, 9.17) is 9.15 Å². The molecule has 2 fully saturated rings. The van der Waals surface area contributed by atoms with Crippen LogP contribution in [0.3, 0.4) is 0 Å². The van der Waals surface area contributed by atoms with Gasteiger partial charge in [0.2, 0.25) is 11.8 Å². The summed E-state index contributed by atoms with van der Waals surface area (Å²) in [7, 11) is 0. The first-order valence-electron chi connectivity index (χ1n) is 8.10. The molecule has 3 heterocycles. The molecule has 0 bridgehead atoms. The van der Waals surface area contributed by atoms with Gasteiger partial charge in [-0.1, -0.05) is 0 Å². The molecule has 0 aliphatic carbocycles. The van der Waals surface area contributed by atoms with E-state index in [0.717, 1.165) is 38.6 Å². The Hall–Kier alpha value is -1.86. The topological polar surface area (TPSA) is 75.0 Å². The van der Waals surface area contributed by atoms with Gasteiger partial charge in [0.25, 0.3) is 0 Å². The fourth-order valence-electron chi connectivity index (χ4n) is 3.00. The number of carbonyl (C=O) groups is 2. The number of hydrogen-bond acceptors (Lipinski definition) is 5. The largest absolute Gasteiger partial charge is 0.467 e. The van der Waals surface area contributed by atoms with Gasteiger partial charge in [0, 0.05) is 39.1 Å². The van der Waals surface area contributed by atoms with E-state index in [0.29, 0.717) is 19.6 Å². The number of ether oxygens (including phenoxy) is 1. The van der Waals surface area contributed by atoms with E-state index >= 15 is 0 Å². The van der Waals surface area contributed by atoms with E-state index in [9.17, 15) is 9.59 Å². The normalized spacial score (nSPS) is 22.5. The Kier molecular flexibility index (Phi) is 5.30. The van der Waals surface area contributed by atoms with Crippen LogP contribution in [0.5, 0.6) is 0 Å². The molecule has 0 aromatic carbocycles. The lowest BCUT2D eigenvalue weighted by atomic mass is 10.1. The molecule has 0 saturated carbocycles. The van der Waals surface area contributed by atoms with Crippen LogP contribution < -0.4 is 5.32 Å². The predicted molar refractivity (Wildman–Crippen MR) is 82.5 cm³/mol. The Balaban J connectivity index is 1.40. The minimum absolute atomic E-state index is 0.00901. The third-order valence-corrected chi connectivity index (χ3v) is 4.34. The molecule has 1 N–H and O–H groups in total. The molecular weight excluding hydrogens is 298 g/mol. The molecule has 2 amide bonds. The number of rotatable bonds is 6. The molecule has 1 atom stereocenters. The summed E-state index contributed by atoms with van der Waals surface area (Å²) in [6.07, 6.45) is 1.87. The number of carbonyl (C=O) groups excluding carboxylic acids is 2. The molecule has 2 aliphatic rings. The SMILES string of the molecule is O=C(NCCN1CCOCC1)[C@H]1CC(=O)N(Cc2ccco2)C1. The van der Waals surface area contributed by atoms with Crippen LogP contribution in [-0.4, -0.2) is 67.6 Å². The highest BCUT2D eigenvalue weighted by Crippen LogP contribution is 2.20. The van der Waals surface area contributed by atoms with Crippen LogP contribution in [0.1, 0.15) is 12.2 Å². The Labute approximate surface area is 135 Å². The van der Waals surface area contributed by atoms with Crippen LogP contribution in [-0.2, 0) is 20.9 Å². The van der Waals surface area contributed by atoms with Crippen LogP contribution in [0.2, 0.25) is 0 Å². The molecule has 3 rings (SSSR count). The predicted octanol–water partition coefficient (Wildman–Crippen LogP) is 0.0765. The molecular formula is C16H23N3O4. The van der Waals surface area contributed by atoms with E-state index in [1.165, 1.54) is 0 Å². The van der Waals surface area contributed by atoms with E-state index in [1.807, 2.05) is 6.07 Å². The van der Waals surface area contributed by atoms with E-state index < -0.39 is 0 Å². The van der Waals surface area contributed by atoms with Gasteiger partial charge in [-0.25, -0.2) is 0 Å². The molecule has 1 aromatic heterocycles. The average molecular weight is 321 g/mol. The van der Waals surface area contributed by atoms with Crippen LogP contribution in [0.25, 0.3) is 0 Å². The van der Waals surface area contributed by atoms with Gasteiger partial charge < -0.3 is 19.4 Å². The lowest BCUT2D eigenvalue weighted by Crippen LogP contribution is -2.42. The maximum atomic E-state index is 12.2. The molecule has 7 nitrogen and oxygen atoms in total. The monoisotopic (exact) mass is 321 g/mol. The first-order chi connectivity index (χ1) is 11.2. The van der Waals surface area contributed by atoms with Crippen molar-refractivity contribution in [3.05, 3.63) is 24.2 Å². The van der Waals surface area contributed by atoms with Gasteiger partial charge in [0.15, 0.2) is 0 Å². The lowest BCUT2D eigenvalue weighted by molar-refractivity contribution is -0.129. The van der Waals surface area contributed by atoms with Gasteiger partial charge in [0.05, 0.1) is 31.9 Å². The average Bonchev–Trinajstić information content (AvgIpc) is 3.19. The lowest BCUT2D eigenvalue weighted by Gasteiger charge is -2.26. The van der Waals surface area contributed by atoms with Crippen molar-refractivity contribution in [2.75, 3.05) is 45.9 Å². The van der Waals surface area contributed by atoms with Crippen molar-refractivity contribution in [3.8, 4) is 0 Å². The molecule has 23 heavy (non-hydrogen) atoms. The molecule has 7 heteroatoms. The van der Waals surface area contributed by atoms with Gasteiger partial charge in [-0.3, -0.25) is 14.5 Å². The minimum atomic E-state index is -0.262. The third-order valence-electron chi connectivity index (χ3n) is 4.34. The van der Waals surface area contributed by atoms with Crippen molar-refractivity contribution in [2.45, 2.75) is 13.0 Å². The highest BCUT2D eigenvalue weighted by molar-refractivity contribution is 5.89. The summed E-state index contributed by atoms with van der Waals surface area (Å²) >= 11 is 0. The minimum Gasteiger partial charge on any atom is -0.467 e. The van der Waals surface area contributed by atoms with Gasteiger partial charge in [-0.15, -0.1) is 0 Å². The van der Waals surface area contributed by atoms with Crippen molar-refractivity contribution < 1.29 is 18.7 Å². The molecule has 0 spiro atoms. The molecule has 2 aliphatic heterocycles. The first kappa shape index (κ1) is 16.0. The smallest absolute Gasteiger partial charge is 0.225 e. The van der Waals surface area contributed by atoms with Gasteiger partial charge in [0.1, 0.15) is 5.76 Å². The zero-order valence-corrected chi connectivity index (χ0v) is 13.2. The van der Waals surface area contributed by atoms with Gasteiger partial charge in [-0.2, -0.15) is 0 Å². The van der Waals surface area contributed by atoms with E-state index in [-0.39, 0.29) is 24.2 Å². The number of amides is 2. The fourth-order valence-corrected chi connectivity index (χ4v) is 3.00. The van der Waals surface area contributed by atoms with Crippen molar-refractivity contribution in [1.29, 1.82) is 0 Å². The standard InChI is InChI=1S/C16H23N3O4/c20-15-10-13(11-19(15)12-14-2-1-7-23-14)16(21)17-3-4-18-5-8-22-9-6-18/h1-2,7,13H,3-6,8-12H2,(H,17,21)/t13-/m0/s1. The summed E-state index contributed by atoms with van der Waals surface area (Å²) in [5, 5.41) is 2.95. The Bertz CT molecular complexity index is 525. The quantitative estimate of drug-likeness (QED) is 0.803. The maximum Gasteiger partial charge on any atom is 0.225 e. The number of furan rings is 1. The molecule has 126 valence electrons. The highest BCUT2D eigenvalue weighted by atomic mass is 16.5. The van der Waals surface area contributed by atoms with Crippen LogP contribution in [0.4, 0.5) is 0 Å². The third kappa shape index (κ3) is 4.33. The number of nitrogens with zero attached hydrogens (tertiary/aromatic N) is 2. The number of hydrogen-bond donors (Lipinski definition) is 1. The zero-order valence-electron chi connectivity index (χ0n) is 13.2. The molecule has 0 radical (unpaired) electrons. The Morgan fingerprint density at radius 3 is 2.91 bits per heavy atom. The molecule has 0 unspecified atom stereocenters. The Morgan fingerprint density at radius 2 is 2.17 bits per heavy atom. The number of nitrogens with one attached hydrogen (secondary N) is 1. The summed E-state index contributed by atoms with van der Waals surface area (Å²) in [6.45, 7) is 5.67. The Morgan fingerprint density at radius 1 is 1.35 bits per heavy atom. The van der Waals surface area contributed by atoms with Crippen LogP contribution in [0.15, 0.2) is 22.8 Å². The summed E-state index contributed by atoms with van der Waals surface area (Å²) in [5.74, 6) is 0.456. The number of likely N-dealkylation sites (tertiary alicyclic amines) is 1.